The highest BCUT2D eigenvalue weighted by molar-refractivity contribution is 7.90. The molecule has 0 unspecified atom stereocenters. The van der Waals surface area contributed by atoms with Crippen molar-refractivity contribution in [1.82, 2.24) is 4.31 Å². The standard InChI is InChI=1S/C12H18N2O5S/c1-3-4-7-14(2)20(18,19)13-10-6-5-9(12(16)17)8-11(10)15/h5-6,8,13,15H,3-4,7H2,1-2H3,(H,16,17). The van der Waals surface area contributed by atoms with Crippen LogP contribution in [0.2, 0.25) is 0 Å². The zero-order chi connectivity index (χ0) is 15.3. The van der Waals surface area contributed by atoms with Crippen LogP contribution >= 0.6 is 0 Å². The average Bonchev–Trinajstić information content (AvgIpc) is 2.37. The van der Waals surface area contributed by atoms with E-state index >= 15 is 0 Å². The Hall–Kier alpha value is -1.80. The molecular formula is C12H18N2O5S. The van der Waals surface area contributed by atoms with Gasteiger partial charge in [-0.25, -0.2) is 4.79 Å². The number of nitrogens with one attached hydrogen (secondary N) is 1. The Balaban J connectivity index is 2.90. The van der Waals surface area contributed by atoms with E-state index in [4.69, 9.17) is 5.11 Å². The third-order valence-electron chi connectivity index (χ3n) is 2.72. The highest BCUT2D eigenvalue weighted by atomic mass is 32.2. The molecule has 1 aromatic rings. The molecule has 1 rings (SSSR count). The molecule has 0 atom stereocenters. The van der Waals surface area contributed by atoms with Crippen LogP contribution in [0.1, 0.15) is 30.1 Å². The number of carboxylic acid groups (broad SMARTS) is 1. The first-order valence-corrected chi connectivity index (χ1v) is 7.52. The number of nitrogens with zero attached hydrogens (tertiary/aromatic N) is 1. The van der Waals surface area contributed by atoms with Gasteiger partial charge in [-0.05, 0) is 24.6 Å². The highest BCUT2D eigenvalue weighted by Crippen LogP contribution is 2.25. The quantitative estimate of drug-likeness (QED) is 0.661. The first-order valence-electron chi connectivity index (χ1n) is 6.08. The fourth-order valence-electron chi connectivity index (χ4n) is 1.47. The van der Waals surface area contributed by atoms with Gasteiger partial charge in [0.25, 0.3) is 0 Å². The van der Waals surface area contributed by atoms with Gasteiger partial charge in [-0.15, -0.1) is 0 Å². The number of anilines is 1. The van der Waals surface area contributed by atoms with Crippen LogP contribution in [0, 0.1) is 0 Å². The molecule has 0 aliphatic rings. The van der Waals surface area contributed by atoms with Crippen molar-refractivity contribution in [2.75, 3.05) is 18.3 Å². The zero-order valence-corrected chi connectivity index (χ0v) is 12.1. The number of phenolic OH excluding ortho intramolecular Hbond substituents is 1. The lowest BCUT2D eigenvalue weighted by Gasteiger charge is -2.18. The number of hydrogen-bond acceptors (Lipinski definition) is 4. The summed E-state index contributed by atoms with van der Waals surface area (Å²) in [5, 5.41) is 18.4. The molecule has 0 fully saturated rings. The van der Waals surface area contributed by atoms with Crippen LogP contribution in [0.25, 0.3) is 0 Å². The number of aromatic hydroxyl groups is 1. The average molecular weight is 302 g/mol. The summed E-state index contributed by atoms with van der Waals surface area (Å²) in [5.41, 5.74) is -0.178. The van der Waals surface area contributed by atoms with Gasteiger partial charge in [-0.1, -0.05) is 13.3 Å². The van der Waals surface area contributed by atoms with Crippen molar-refractivity contribution in [3.05, 3.63) is 23.8 Å². The minimum absolute atomic E-state index is 0.0571. The summed E-state index contributed by atoms with van der Waals surface area (Å²) < 4.78 is 27.3. The summed E-state index contributed by atoms with van der Waals surface area (Å²) in [5.74, 6) is -1.63. The normalized spacial score (nSPS) is 11.6. The Morgan fingerprint density at radius 1 is 1.40 bits per heavy atom. The molecule has 0 saturated heterocycles. The van der Waals surface area contributed by atoms with Gasteiger partial charge in [0.05, 0.1) is 11.3 Å². The number of rotatable bonds is 7. The number of benzene rings is 1. The SMILES string of the molecule is CCCCN(C)S(=O)(=O)Nc1ccc(C(=O)O)cc1O. The second-order valence-corrected chi connectivity index (χ2v) is 6.10. The van der Waals surface area contributed by atoms with Crippen LogP contribution in [0.3, 0.4) is 0 Å². The summed E-state index contributed by atoms with van der Waals surface area (Å²) >= 11 is 0. The fraction of sp³-hybridized carbons (Fsp3) is 0.417. The third kappa shape index (κ3) is 4.10. The van der Waals surface area contributed by atoms with E-state index in [0.717, 1.165) is 23.2 Å². The van der Waals surface area contributed by atoms with Gasteiger partial charge in [0, 0.05) is 13.6 Å². The molecular weight excluding hydrogens is 284 g/mol. The second-order valence-electron chi connectivity index (χ2n) is 4.32. The third-order valence-corrected chi connectivity index (χ3v) is 4.20. The van der Waals surface area contributed by atoms with E-state index in [1.54, 1.807) is 0 Å². The van der Waals surface area contributed by atoms with Gasteiger partial charge >= 0.3 is 16.2 Å². The molecule has 0 aliphatic heterocycles. The minimum Gasteiger partial charge on any atom is -0.506 e. The first kappa shape index (κ1) is 16.3. The van der Waals surface area contributed by atoms with Crippen molar-refractivity contribution >= 4 is 21.9 Å². The summed E-state index contributed by atoms with van der Waals surface area (Å²) in [4.78, 5) is 10.7. The van der Waals surface area contributed by atoms with Crippen LogP contribution in [0.5, 0.6) is 5.75 Å². The molecule has 0 saturated carbocycles. The topological polar surface area (TPSA) is 107 Å². The Morgan fingerprint density at radius 3 is 2.55 bits per heavy atom. The number of aromatic carboxylic acids is 1. The number of unbranched alkanes of at least 4 members (excludes halogenated alkanes) is 1. The molecule has 1 aromatic carbocycles. The van der Waals surface area contributed by atoms with E-state index < -0.39 is 21.9 Å². The van der Waals surface area contributed by atoms with Gasteiger partial charge in [-0.3, -0.25) is 4.72 Å². The fourth-order valence-corrected chi connectivity index (χ4v) is 2.44. The van der Waals surface area contributed by atoms with E-state index in [-0.39, 0.29) is 11.3 Å². The predicted molar refractivity (Wildman–Crippen MR) is 75.1 cm³/mol. The largest absolute Gasteiger partial charge is 0.506 e. The van der Waals surface area contributed by atoms with Gasteiger partial charge in [-0.2, -0.15) is 12.7 Å². The molecule has 0 radical (unpaired) electrons. The van der Waals surface area contributed by atoms with Crippen molar-refractivity contribution < 1.29 is 23.4 Å². The molecule has 0 bridgehead atoms. The number of carbonyl (C=O) groups is 1. The maximum absolute atomic E-state index is 12.0. The molecule has 0 spiro atoms. The first-order chi connectivity index (χ1) is 9.27. The molecule has 8 heteroatoms. The lowest BCUT2D eigenvalue weighted by molar-refractivity contribution is 0.0696. The molecule has 0 aliphatic carbocycles. The maximum atomic E-state index is 12.0. The Kier molecular flexibility index (Phi) is 5.34. The highest BCUT2D eigenvalue weighted by Gasteiger charge is 2.19. The van der Waals surface area contributed by atoms with Crippen LogP contribution in [-0.4, -0.2) is 42.5 Å². The predicted octanol–water partition coefficient (Wildman–Crippen LogP) is 1.48. The summed E-state index contributed by atoms with van der Waals surface area (Å²) in [6, 6.07) is 3.42. The van der Waals surface area contributed by atoms with E-state index in [1.165, 1.54) is 19.2 Å². The van der Waals surface area contributed by atoms with Crippen molar-refractivity contribution in [2.24, 2.45) is 0 Å². The number of hydrogen-bond donors (Lipinski definition) is 3. The lowest BCUT2D eigenvalue weighted by atomic mass is 10.2. The summed E-state index contributed by atoms with van der Waals surface area (Å²) in [7, 11) is -2.33. The molecule has 3 N–H and O–H groups in total. The van der Waals surface area contributed by atoms with E-state index in [2.05, 4.69) is 4.72 Å². The van der Waals surface area contributed by atoms with Crippen molar-refractivity contribution in [3.8, 4) is 5.75 Å². The molecule has 112 valence electrons. The molecule has 0 heterocycles. The molecule has 0 aromatic heterocycles. The Labute approximate surface area is 118 Å². The van der Waals surface area contributed by atoms with Crippen LogP contribution in [0.15, 0.2) is 18.2 Å². The number of carboxylic acids is 1. The Morgan fingerprint density at radius 2 is 2.05 bits per heavy atom. The van der Waals surface area contributed by atoms with Crippen molar-refractivity contribution in [2.45, 2.75) is 19.8 Å². The van der Waals surface area contributed by atoms with Gasteiger partial charge in [0.15, 0.2) is 0 Å². The summed E-state index contributed by atoms with van der Waals surface area (Å²) in [6.45, 7) is 2.31. The lowest BCUT2D eigenvalue weighted by Crippen LogP contribution is -2.33. The molecule has 7 nitrogen and oxygen atoms in total. The maximum Gasteiger partial charge on any atom is 0.335 e. The molecule has 20 heavy (non-hydrogen) atoms. The van der Waals surface area contributed by atoms with Crippen LogP contribution < -0.4 is 4.72 Å². The van der Waals surface area contributed by atoms with E-state index in [1.807, 2.05) is 6.92 Å². The van der Waals surface area contributed by atoms with Gasteiger partial charge < -0.3 is 10.2 Å². The van der Waals surface area contributed by atoms with Gasteiger partial charge in [0.1, 0.15) is 5.75 Å². The monoisotopic (exact) mass is 302 g/mol. The van der Waals surface area contributed by atoms with Crippen molar-refractivity contribution in [3.63, 3.8) is 0 Å². The van der Waals surface area contributed by atoms with E-state index in [0.29, 0.717) is 6.54 Å². The summed E-state index contributed by atoms with van der Waals surface area (Å²) in [6.07, 6.45) is 1.58. The molecule has 0 amide bonds. The van der Waals surface area contributed by atoms with Crippen LogP contribution in [0.4, 0.5) is 5.69 Å². The van der Waals surface area contributed by atoms with Crippen molar-refractivity contribution in [1.29, 1.82) is 0 Å². The Bertz CT molecular complexity index is 586. The minimum atomic E-state index is -3.77. The van der Waals surface area contributed by atoms with E-state index in [9.17, 15) is 18.3 Å². The number of phenols is 1. The zero-order valence-electron chi connectivity index (χ0n) is 11.3. The second kappa shape index (κ2) is 6.58. The van der Waals surface area contributed by atoms with Gasteiger partial charge in [0.2, 0.25) is 0 Å². The van der Waals surface area contributed by atoms with Crippen LogP contribution in [-0.2, 0) is 10.2 Å². The smallest absolute Gasteiger partial charge is 0.335 e.